The van der Waals surface area contributed by atoms with Crippen LogP contribution in [-0.4, -0.2) is 36.6 Å². The van der Waals surface area contributed by atoms with Crippen molar-refractivity contribution in [1.29, 1.82) is 0 Å². The highest BCUT2D eigenvalue weighted by Crippen LogP contribution is 2.23. The van der Waals surface area contributed by atoms with Gasteiger partial charge in [-0.15, -0.1) is 24.0 Å². The highest BCUT2D eigenvalue weighted by molar-refractivity contribution is 14.0. The number of aromatic nitrogens is 1. The fraction of sp³-hybridized carbons (Fsp3) is 0.545. The normalized spacial score (nSPS) is 15.6. The average molecular weight is 529 g/mol. The minimum absolute atomic E-state index is 0. The first kappa shape index (κ1) is 24.4. The van der Waals surface area contributed by atoms with Crippen molar-refractivity contribution < 1.29 is 8.81 Å². The Morgan fingerprint density at radius 2 is 2.03 bits per heavy atom. The van der Waals surface area contributed by atoms with Crippen LogP contribution in [0.15, 0.2) is 39.9 Å². The summed E-state index contributed by atoms with van der Waals surface area (Å²) in [6.07, 6.45) is 3.72. The average Bonchev–Trinajstić information content (AvgIpc) is 3.16. The highest BCUT2D eigenvalue weighted by atomic mass is 127. The largest absolute Gasteiger partial charge is 0.443 e. The third-order valence-electron chi connectivity index (χ3n) is 5.02. The second kappa shape index (κ2) is 11.0. The molecule has 0 amide bonds. The number of guanidine groups is 1. The minimum atomic E-state index is -0.189. The number of nitrogens with zero attached hydrogens (tertiary/aromatic N) is 3. The fourth-order valence-corrected chi connectivity index (χ4v) is 3.35. The Hall–Kier alpha value is -1.84. The lowest BCUT2D eigenvalue weighted by atomic mass is 9.94. The van der Waals surface area contributed by atoms with Crippen LogP contribution < -0.4 is 15.5 Å². The van der Waals surface area contributed by atoms with Crippen LogP contribution >= 0.6 is 24.0 Å². The van der Waals surface area contributed by atoms with Gasteiger partial charge in [-0.2, -0.15) is 0 Å². The van der Waals surface area contributed by atoms with Gasteiger partial charge in [0, 0.05) is 36.8 Å². The van der Waals surface area contributed by atoms with Crippen LogP contribution in [-0.2, 0) is 12.0 Å². The van der Waals surface area contributed by atoms with E-state index in [2.05, 4.69) is 46.3 Å². The smallest absolute Gasteiger partial charge is 0.216 e. The van der Waals surface area contributed by atoms with E-state index in [9.17, 15) is 4.39 Å². The molecule has 30 heavy (non-hydrogen) atoms. The van der Waals surface area contributed by atoms with E-state index in [1.807, 2.05) is 13.0 Å². The summed E-state index contributed by atoms with van der Waals surface area (Å²) in [5.74, 6) is 2.07. The van der Waals surface area contributed by atoms with E-state index >= 15 is 0 Å². The quantitative estimate of drug-likeness (QED) is 0.341. The molecule has 0 saturated carbocycles. The maximum atomic E-state index is 13.5. The van der Waals surface area contributed by atoms with Gasteiger partial charge < -0.3 is 20.0 Å². The molecule has 2 heterocycles. The van der Waals surface area contributed by atoms with Gasteiger partial charge in [-0.3, -0.25) is 0 Å². The Bertz CT molecular complexity index is 825. The Labute approximate surface area is 195 Å². The van der Waals surface area contributed by atoms with Gasteiger partial charge in [-0.05, 0) is 38.0 Å². The lowest BCUT2D eigenvalue weighted by Crippen LogP contribution is -2.48. The fourth-order valence-electron chi connectivity index (χ4n) is 3.35. The number of aliphatic imine (C=N–C) groups is 1. The van der Waals surface area contributed by atoms with Crippen LogP contribution in [0.3, 0.4) is 0 Å². The molecule has 3 rings (SSSR count). The summed E-state index contributed by atoms with van der Waals surface area (Å²) in [4.78, 5) is 11.2. The lowest BCUT2D eigenvalue weighted by Gasteiger charge is -2.34. The summed E-state index contributed by atoms with van der Waals surface area (Å²) in [5.41, 5.74) is 0.885. The number of rotatable bonds is 5. The van der Waals surface area contributed by atoms with Crippen molar-refractivity contribution in [3.05, 3.63) is 47.9 Å². The van der Waals surface area contributed by atoms with Crippen LogP contribution in [0.1, 0.15) is 52.2 Å². The van der Waals surface area contributed by atoms with Gasteiger partial charge in [0.1, 0.15) is 18.1 Å². The van der Waals surface area contributed by atoms with Crippen molar-refractivity contribution in [2.45, 2.75) is 58.5 Å². The molecule has 1 aliphatic heterocycles. The Morgan fingerprint density at radius 3 is 2.63 bits per heavy atom. The topological polar surface area (TPSA) is 65.7 Å². The van der Waals surface area contributed by atoms with E-state index in [-0.39, 0.29) is 35.2 Å². The number of piperidine rings is 1. The molecule has 1 saturated heterocycles. The number of nitrogens with one attached hydrogen (secondary N) is 2. The summed E-state index contributed by atoms with van der Waals surface area (Å²) in [5, 5.41) is 6.81. The van der Waals surface area contributed by atoms with Gasteiger partial charge in [0.25, 0.3) is 0 Å². The number of halogens is 2. The van der Waals surface area contributed by atoms with Crippen LogP contribution in [0.25, 0.3) is 0 Å². The molecule has 0 bridgehead atoms. The maximum Gasteiger partial charge on any atom is 0.216 e. The molecule has 0 radical (unpaired) electrons. The molecule has 0 spiro atoms. The standard InChI is InChI=1S/C22H32FN5O.HI/c1-5-24-21(26-15-20-25-14-19(29-20)22(2,3)4)27-17-9-11-28(12-10-17)18-8-6-7-16(23)13-18;/h6-8,13-14,17H,5,9-12,15H2,1-4H3,(H2,24,26,27);1H. The van der Waals surface area contributed by atoms with Crippen molar-refractivity contribution in [2.24, 2.45) is 4.99 Å². The SMILES string of the molecule is CCNC(=NCc1ncc(C(C)(C)C)o1)NC1CCN(c2cccc(F)c2)CC1.I. The van der Waals surface area contributed by atoms with Gasteiger partial charge in [0.2, 0.25) is 5.89 Å². The van der Waals surface area contributed by atoms with E-state index in [1.54, 1.807) is 18.3 Å². The molecular formula is C22H33FIN5O. The Kier molecular flexibility index (Phi) is 8.93. The van der Waals surface area contributed by atoms with Crippen LogP contribution in [0, 0.1) is 5.82 Å². The summed E-state index contributed by atoms with van der Waals surface area (Å²) >= 11 is 0. The zero-order valence-corrected chi connectivity index (χ0v) is 20.6. The van der Waals surface area contributed by atoms with Gasteiger partial charge in [-0.1, -0.05) is 26.8 Å². The maximum absolute atomic E-state index is 13.5. The molecule has 8 heteroatoms. The first-order valence-electron chi connectivity index (χ1n) is 10.4. The summed E-state index contributed by atoms with van der Waals surface area (Å²) in [7, 11) is 0. The lowest BCUT2D eigenvalue weighted by molar-refractivity contribution is 0.383. The van der Waals surface area contributed by atoms with Crippen molar-refractivity contribution in [1.82, 2.24) is 15.6 Å². The number of hydrogen-bond donors (Lipinski definition) is 2. The van der Waals surface area contributed by atoms with E-state index in [4.69, 9.17) is 4.42 Å². The number of oxazole rings is 1. The second-order valence-electron chi connectivity index (χ2n) is 8.45. The molecule has 1 aromatic carbocycles. The molecule has 1 aliphatic rings. The molecule has 166 valence electrons. The predicted molar refractivity (Wildman–Crippen MR) is 130 cm³/mol. The third kappa shape index (κ3) is 6.85. The second-order valence-corrected chi connectivity index (χ2v) is 8.45. The van der Waals surface area contributed by atoms with Crippen molar-refractivity contribution in [3.8, 4) is 0 Å². The van der Waals surface area contributed by atoms with Crippen LogP contribution in [0.5, 0.6) is 0 Å². The van der Waals surface area contributed by atoms with Gasteiger partial charge >= 0.3 is 0 Å². The predicted octanol–water partition coefficient (Wildman–Crippen LogP) is 4.45. The summed E-state index contributed by atoms with van der Waals surface area (Å²) in [6, 6.07) is 7.13. The number of hydrogen-bond acceptors (Lipinski definition) is 4. The van der Waals surface area contributed by atoms with Crippen molar-refractivity contribution in [2.75, 3.05) is 24.5 Å². The summed E-state index contributed by atoms with van der Waals surface area (Å²) in [6.45, 7) is 11.3. The van der Waals surface area contributed by atoms with E-state index in [1.165, 1.54) is 6.07 Å². The molecule has 0 unspecified atom stereocenters. The molecule has 2 N–H and O–H groups in total. The molecule has 6 nitrogen and oxygen atoms in total. The van der Waals surface area contributed by atoms with Gasteiger partial charge in [-0.25, -0.2) is 14.4 Å². The van der Waals surface area contributed by atoms with E-state index in [0.29, 0.717) is 18.5 Å². The zero-order chi connectivity index (χ0) is 20.9. The molecule has 1 fully saturated rings. The van der Waals surface area contributed by atoms with E-state index in [0.717, 1.165) is 49.9 Å². The van der Waals surface area contributed by atoms with Gasteiger partial charge in [0.15, 0.2) is 5.96 Å². The molecular weight excluding hydrogens is 496 g/mol. The van der Waals surface area contributed by atoms with Crippen molar-refractivity contribution in [3.63, 3.8) is 0 Å². The van der Waals surface area contributed by atoms with Crippen LogP contribution in [0.2, 0.25) is 0 Å². The highest BCUT2D eigenvalue weighted by Gasteiger charge is 2.21. The minimum Gasteiger partial charge on any atom is -0.443 e. The van der Waals surface area contributed by atoms with Crippen LogP contribution in [0.4, 0.5) is 10.1 Å². The van der Waals surface area contributed by atoms with E-state index < -0.39 is 0 Å². The number of benzene rings is 1. The zero-order valence-electron chi connectivity index (χ0n) is 18.2. The molecule has 2 aromatic rings. The third-order valence-corrected chi connectivity index (χ3v) is 5.02. The number of anilines is 1. The van der Waals surface area contributed by atoms with Crippen molar-refractivity contribution >= 4 is 35.6 Å². The monoisotopic (exact) mass is 529 g/mol. The Balaban J connectivity index is 0.00000320. The molecule has 1 aromatic heterocycles. The first-order chi connectivity index (χ1) is 13.8. The van der Waals surface area contributed by atoms with Gasteiger partial charge in [0.05, 0.1) is 6.20 Å². The first-order valence-corrected chi connectivity index (χ1v) is 10.4. The summed E-state index contributed by atoms with van der Waals surface area (Å²) < 4.78 is 19.3. The Morgan fingerprint density at radius 1 is 1.30 bits per heavy atom. The molecule has 0 atom stereocenters. The molecule has 0 aliphatic carbocycles.